The van der Waals surface area contributed by atoms with E-state index in [-0.39, 0.29) is 12.5 Å². The standard InChI is InChI=1S/C9H14F2N2O2/c1-12(2)8(14)6-4-3-5-13(6)9(15)7(10)11/h6-7H,3-5H2,1-2H3. The third kappa shape index (κ3) is 2.43. The van der Waals surface area contributed by atoms with E-state index in [0.717, 1.165) is 4.90 Å². The highest BCUT2D eigenvalue weighted by Gasteiger charge is 2.37. The topological polar surface area (TPSA) is 40.6 Å². The summed E-state index contributed by atoms with van der Waals surface area (Å²) in [6.45, 7) is 0.243. The number of halogens is 2. The van der Waals surface area contributed by atoms with Gasteiger partial charge in [0.05, 0.1) is 0 Å². The highest BCUT2D eigenvalue weighted by molar-refractivity contribution is 5.89. The Morgan fingerprint density at radius 3 is 2.47 bits per heavy atom. The Bertz CT molecular complexity index is 243. The van der Waals surface area contributed by atoms with Gasteiger partial charge in [0, 0.05) is 20.6 Å². The van der Waals surface area contributed by atoms with Gasteiger partial charge >= 0.3 is 6.43 Å². The Kier molecular flexibility index (Phi) is 3.60. The van der Waals surface area contributed by atoms with Crippen LogP contribution in [0.4, 0.5) is 8.78 Å². The zero-order valence-electron chi connectivity index (χ0n) is 8.74. The molecule has 1 atom stereocenters. The fraction of sp³-hybridized carbons (Fsp3) is 0.778. The quantitative estimate of drug-likeness (QED) is 0.673. The highest BCUT2D eigenvalue weighted by atomic mass is 19.3. The molecule has 0 aliphatic carbocycles. The maximum absolute atomic E-state index is 12.2. The molecule has 1 saturated heterocycles. The van der Waals surface area contributed by atoms with Crippen molar-refractivity contribution in [3.63, 3.8) is 0 Å². The zero-order valence-corrected chi connectivity index (χ0v) is 8.74. The second kappa shape index (κ2) is 4.55. The van der Waals surface area contributed by atoms with Gasteiger partial charge in [-0.25, -0.2) is 0 Å². The Morgan fingerprint density at radius 1 is 1.40 bits per heavy atom. The van der Waals surface area contributed by atoms with E-state index in [1.165, 1.54) is 4.90 Å². The third-order valence-corrected chi connectivity index (χ3v) is 2.45. The lowest BCUT2D eigenvalue weighted by Crippen LogP contribution is -2.47. The SMILES string of the molecule is CN(C)C(=O)C1CCCN1C(=O)C(F)F. The smallest absolute Gasteiger partial charge is 0.315 e. The van der Waals surface area contributed by atoms with Crippen LogP contribution in [0, 0.1) is 0 Å². The molecule has 15 heavy (non-hydrogen) atoms. The van der Waals surface area contributed by atoms with Crippen molar-refractivity contribution in [2.24, 2.45) is 0 Å². The van der Waals surface area contributed by atoms with Crippen LogP contribution in [-0.2, 0) is 9.59 Å². The summed E-state index contributed by atoms with van der Waals surface area (Å²) in [6, 6.07) is -0.707. The normalized spacial score (nSPS) is 20.9. The lowest BCUT2D eigenvalue weighted by molar-refractivity contribution is -0.149. The molecule has 0 saturated carbocycles. The van der Waals surface area contributed by atoms with Crippen LogP contribution >= 0.6 is 0 Å². The minimum Gasteiger partial charge on any atom is -0.347 e. The van der Waals surface area contributed by atoms with Gasteiger partial charge in [0.25, 0.3) is 5.91 Å². The predicted octanol–water partition coefficient (Wildman–Crippen LogP) is 0.331. The number of likely N-dealkylation sites (tertiary alicyclic amines) is 1. The number of alkyl halides is 2. The molecule has 1 rings (SSSR count). The van der Waals surface area contributed by atoms with Gasteiger partial charge in [-0.05, 0) is 12.8 Å². The molecule has 0 aromatic rings. The molecule has 6 heteroatoms. The number of carbonyl (C=O) groups excluding carboxylic acids is 2. The highest BCUT2D eigenvalue weighted by Crippen LogP contribution is 2.20. The summed E-state index contributed by atoms with van der Waals surface area (Å²) in [5, 5.41) is 0. The van der Waals surface area contributed by atoms with E-state index in [0.29, 0.717) is 12.8 Å². The first-order valence-corrected chi connectivity index (χ1v) is 4.75. The number of likely N-dealkylation sites (N-methyl/N-ethyl adjacent to an activating group) is 1. The van der Waals surface area contributed by atoms with E-state index < -0.39 is 18.4 Å². The third-order valence-electron chi connectivity index (χ3n) is 2.45. The fourth-order valence-electron chi connectivity index (χ4n) is 1.71. The summed E-state index contributed by atoms with van der Waals surface area (Å²) in [4.78, 5) is 25.0. The number of rotatable bonds is 2. The van der Waals surface area contributed by atoms with Crippen LogP contribution in [0.15, 0.2) is 0 Å². The van der Waals surface area contributed by atoms with Crippen LogP contribution in [0.25, 0.3) is 0 Å². The van der Waals surface area contributed by atoms with Crippen molar-refractivity contribution in [1.82, 2.24) is 9.80 Å². The van der Waals surface area contributed by atoms with E-state index in [1.807, 2.05) is 0 Å². The average Bonchev–Trinajstić information content (AvgIpc) is 2.63. The molecule has 1 unspecified atom stereocenters. The molecule has 1 fully saturated rings. The second-order valence-electron chi connectivity index (χ2n) is 3.72. The van der Waals surface area contributed by atoms with Crippen molar-refractivity contribution in [2.45, 2.75) is 25.3 Å². The van der Waals surface area contributed by atoms with Gasteiger partial charge in [-0.1, -0.05) is 0 Å². The zero-order chi connectivity index (χ0) is 11.6. The Labute approximate surface area is 86.8 Å². The summed E-state index contributed by atoms with van der Waals surface area (Å²) in [6.07, 6.45) is -1.96. The maximum atomic E-state index is 12.2. The van der Waals surface area contributed by atoms with Gasteiger partial charge in [0.1, 0.15) is 6.04 Å². The molecule has 1 aliphatic rings. The first-order valence-electron chi connectivity index (χ1n) is 4.75. The Hall–Kier alpha value is -1.20. The van der Waals surface area contributed by atoms with Crippen molar-refractivity contribution >= 4 is 11.8 Å². The van der Waals surface area contributed by atoms with Crippen LogP contribution < -0.4 is 0 Å². The summed E-state index contributed by atoms with van der Waals surface area (Å²) in [5.41, 5.74) is 0. The van der Waals surface area contributed by atoms with E-state index in [2.05, 4.69) is 0 Å². The molecule has 0 N–H and O–H groups in total. The fourth-order valence-corrected chi connectivity index (χ4v) is 1.71. The molecule has 0 bridgehead atoms. The summed E-state index contributed by atoms with van der Waals surface area (Å²) < 4.78 is 24.4. The molecule has 0 aromatic heterocycles. The Morgan fingerprint density at radius 2 is 2.00 bits per heavy atom. The van der Waals surface area contributed by atoms with Crippen LogP contribution in [0.5, 0.6) is 0 Å². The predicted molar refractivity (Wildman–Crippen MR) is 49.4 cm³/mol. The molecular weight excluding hydrogens is 206 g/mol. The molecular formula is C9H14F2N2O2. The number of hydrogen-bond donors (Lipinski definition) is 0. The van der Waals surface area contributed by atoms with Crippen molar-refractivity contribution in [2.75, 3.05) is 20.6 Å². The molecule has 2 amide bonds. The van der Waals surface area contributed by atoms with Crippen LogP contribution in [0.1, 0.15) is 12.8 Å². The number of hydrogen-bond acceptors (Lipinski definition) is 2. The summed E-state index contributed by atoms with van der Waals surface area (Å²) in [7, 11) is 3.09. The molecule has 1 heterocycles. The first-order chi connectivity index (χ1) is 6.95. The van der Waals surface area contributed by atoms with Gasteiger partial charge in [-0.3, -0.25) is 9.59 Å². The Balaban J connectivity index is 2.73. The van der Waals surface area contributed by atoms with Crippen molar-refractivity contribution in [1.29, 1.82) is 0 Å². The minimum atomic E-state index is -3.03. The van der Waals surface area contributed by atoms with Gasteiger partial charge in [0.2, 0.25) is 5.91 Å². The van der Waals surface area contributed by atoms with E-state index in [9.17, 15) is 18.4 Å². The van der Waals surface area contributed by atoms with E-state index in [1.54, 1.807) is 14.1 Å². The van der Waals surface area contributed by atoms with Crippen molar-refractivity contribution in [3.05, 3.63) is 0 Å². The summed E-state index contributed by atoms with van der Waals surface area (Å²) in [5.74, 6) is -1.53. The summed E-state index contributed by atoms with van der Waals surface area (Å²) >= 11 is 0. The van der Waals surface area contributed by atoms with Crippen molar-refractivity contribution in [3.8, 4) is 0 Å². The number of nitrogens with zero attached hydrogens (tertiary/aromatic N) is 2. The van der Waals surface area contributed by atoms with E-state index in [4.69, 9.17) is 0 Å². The minimum absolute atomic E-state index is 0.243. The van der Waals surface area contributed by atoms with Crippen LogP contribution in [0.3, 0.4) is 0 Å². The van der Waals surface area contributed by atoms with Gasteiger partial charge in [-0.2, -0.15) is 8.78 Å². The maximum Gasteiger partial charge on any atom is 0.315 e. The number of carbonyl (C=O) groups is 2. The first kappa shape index (κ1) is 11.9. The molecule has 0 radical (unpaired) electrons. The monoisotopic (exact) mass is 220 g/mol. The van der Waals surface area contributed by atoms with E-state index >= 15 is 0 Å². The average molecular weight is 220 g/mol. The molecule has 86 valence electrons. The lowest BCUT2D eigenvalue weighted by Gasteiger charge is -2.25. The lowest BCUT2D eigenvalue weighted by atomic mass is 10.2. The van der Waals surface area contributed by atoms with Gasteiger partial charge < -0.3 is 9.80 Å². The second-order valence-corrected chi connectivity index (χ2v) is 3.72. The van der Waals surface area contributed by atoms with Crippen LogP contribution in [-0.4, -0.2) is 54.7 Å². The molecule has 0 spiro atoms. The molecule has 0 aromatic carbocycles. The van der Waals surface area contributed by atoms with Crippen LogP contribution in [0.2, 0.25) is 0 Å². The molecule has 1 aliphatic heterocycles. The largest absolute Gasteiger partial charge is 0.347 e. The van der Waals surface area contributed by atoms with Gasteiger partial charge in [0.15, 0.2) is 0 Å². The van der Waals surface area contributed by atoms with Gasteiger partial charge in [-0.15, -0.1) is 0 Å². The number of amides is 2. The molecule has 4 nitrogen and oxygen atoms in total. The van der Waals surface area contributed by atoms with Crippen molar-refractivity contribution < 1.29 is 18.4 Å².